The third kappa shape index (κ3) is 1.53. The standard InChI is InChI=1S/C13H19N3S/c14-12-16-15-11(17-12)13-5-8-1-2-9(6-13)4-10(3-8)7-13/h8-10H,1-7H2,(H2,14,16)/t8-,9-,10?,13?/m1/s1. The summed E-state index contributed by atoms with van der Waals surface area (Å²) in [4.78, 5) is 0. The summed E-state index contributed by atoms with van der Waals surface area (Å²) >= 11 is 1.64. The molecular formula is C13H19N3S. The third-order valence-corrected chi connectivity index (χ3v) is 6.25. The summed E-state index contributed by atoms with van der Waals surface area (Å²) in [5.74, 6) is 2.86. The smallest absolute Gasteiger partial charge is 0.203 e. The zero-order valence-electron chi connectivity index (χ0n) is 10.1. The molecule has 0 aliphatic heterocycles. The Labute approximate surface area is 106 Å². The topological polar surface area (TPSA) is 51.8 Å². The fourth-order valence-electron chi connectivity index (χ4n) is 4.90. The number of rotatable bonds is 1. The predicted octanol–water partition coefficient (Wildman–Crippen LogP) is 2.98. The number of nitrogens with zero attached hydrogens (tertiary/aromatic N) is 2. The summed E-state index contributed by atoms with van der Waals surface area (Å²) in [5, 5.41) is 10.3. The Balaban J connectivity index is 1.77. The highest BCUT2D eigenvalue weighted by atomic mass is 32.1. The minimum atomic E-state index is 0.363. The third-order valence-electron chi connectivity index (χ3n) is 5.25. The van der Waals surface area contributed by atoms with E-state index < -0.39 is 0 Å². The van der Waals surface area contributed by atoms with Crippen LogP contribution < -0.4 is 5.73 Å². The van der Waals surface area contributed by atoms with Gasteiger partial charge in [-0.2, -0.15) is 0 Å². The molecule has 0 unspecified atom stereocenters. The zero-order valence-corrected chi connectivity index (χ0v) is 10.9. The highest BCUT2D eigenvalue weighted by molar-refractivity contribution is 7.15. The van der Waals surface area contributed by atoms with Crippen LogP contribution in [0.4, 0.5) is 5.13 Å². The molecule has 5 rings (SSSR count). The van der Waals surface area contributed by atoms with Crippen LogP contribution in [0.3, 0.4) is 0 Å². The van der Waals surface area contributed by atoms with E-state index in [0.717, 1.165) is 17.8 Å². The van der Waals surface area contributed by atoms with Crippen LogP contribution in [0.25, 0.3) is 0 Å². The average molecular weight is 249 g/mol. The second kappa shape index (κ2) is 3.44. The molecule has 0 amide bonds. The van der Waals surface area contributed by atoms with Crippen LogP contribution in [0.15, 0.2) is 0 Å². The first-order chi connectivity index (χ1) is 8.23. The van der Waals surface area contributed by atoms with Crippen LogP contribution in [0.1, 0.15) is 50.0 Å². The quantitative estimate of drug-likeness (QED) is 0.832. The molecular weight excluding hydrogens is 230 g/mol. The molecule has 4 fully saturated rings. The number of hydrogen-bond acceptors (Lipinski definition) is 4. The molecule has 4 aliphatic carbocycles. The van der Waals surface area contributed by atoms with Crippen molar-refractivity contribution in [3.8, 4) is 0 Å². The van der Waals surface area contributed by atoms with Gasteiger partial charge >= 0.3 is 0 Å². The minimum absolute atomic E-state index is 0.363. The van der Waals surface area contributed by atoms with Gasteiger partial charge in [0.15, 0.2) is 0 Å². The number of aromatic nitrogens is 2. The summed E-state index contributed by atoms with van der Waals surface area (Å²) in [7, 11) is 0. The molecule has 3 nitrogen and oxygen atoms in total. The molecule has 1 aromatic rings. The Morgan fingerprint density at radius 2 is 1.65 bits per heavy atom. The van der Waals surface area contributed by atoms with E-state index >= 15 is 0 Å². The lowest BCUT2D eigenvalue weighted by molar-refractivity contribution is 0.0976. The van der Waals surface area contributed by atoms with Crippen molar-refractivity contribution >= 4 is 16.5 Å². The van der Waals surface area contributed by atoms with E-state index in [1.165, 1.54) is 50.0 Å². The molecule has 0 saturated heterocycles. The molecule has 0 radical (unpaired) electrons. The van der Waals surface area contributed by atoms with Crippen LogP contribution >= 0.6 is 11.3 Å². The first-order valence-corrected chi connectivity index (χ1v) is 7.65. The molecule has 4 saturated carbocycles. The Kier molecular flexibility index (Phi) is 2.08. The van der Waals surface area contributed by atoms with Gasteiger partial charge in [0.2, 0.25) is 5.13 Å². The van der Waals surface area contributed by atoms with Crippen molar-refractivity contribution in [3.63, 3.8) is 0 Å². The summed E-state index contributed by atoms with van der Waals surface area (Å²) in [6.45, 7) is 0. The average Bonchev–Trinajstić information content (AvgIpc) is 2.62. The molecule has 4 bridgehead atoms. The van der Waals surface area contributed by atoms with Gasteiger partial charge in [0.1, 0.15) is 5.01 Å². The van der Waals surface area contributed by atoms with Crippen LogP contribution in [-0.4, -0.2) is 10.2 Å². The molecule has 4 aliphatic rings. The van der Waals surface area contributed by atoms with E-state index in [-0.39, 0.29) is 0 Å². The lowest BCUT2D eigenvalue weighted by Gasteiger charge is -2.46. The maximum absolute atomic E-state index is 5.78. The van der Waals surface area contributed by atoms with Gasteiger partial charge in [0.05, 0.1) is 0 Å². The van der Waals surface area contributed by atoms with Gasteiger partial charge in [-0.25, -0.2) is 0 Å². The molecule has 0 spiro atoms. The lowest BCUT2D eigenvalue weighted by atomic mass is 9.59. The lowest BCUT2D eigenvalue weighted by Crippen LogP contribution is -2.40. The number of nitrogens with two attached hydrogens (primary N) is 1. The van der Waals surface area contributed by atoms with E-state index in [2.05, 4.69) is 10.2 Å². The molecule has 1 aromatic heterocycles. The molecule has 17 heavy (non-hydrogen) atoms. The van der Waals surface area contributed by atoms with Gasteiger partial charge in [-0.15, -0.1) is 10.2 Å². The highest BCUT2D eigenvalue weighted by Gasteiger charge is 2.50. The van der Waals surface area contributed by atoms with E-state index in [0.29, 0.717) is 10.5 Å². The Morgan fingerprint density at radius 1 is 1.00 bits per heavy atom. The first kappa shape index (κ1) is 10.3. The molecule has 2 N–H and O–H groups in total. The van der Waals surface area contributed by atoms with Gasteiger partial charge < -0.3 is 5.73 Å². The number of anilines is 1. The molecule has 0 aromatic carbocycles. The summed E-state index contributed by atoms with van der Waals surface area (Å²) in [5.41, 5.74) is 6.14. The fourth-order valence-corrected chi connectivity index (χ4v) is 5.73. The molecule has 92 valence electrons. The Bertz CT molecular complexity index is 426. The SMILES string of the molecule is Nc1nnc(C23CC4C[C@@H](CC[C@H](C4)C2)C3)s1. The monoisotopic (exact) mass is 249 g/mol. The first-order valence-electron chi connectivity index (χ1n) is 6.83. The van der Waals surface area contributed by atoms with E-state index in [1.807, 2.05) is 0 Å². The van der Waals surface area contributed by atoms with Crippen LogP contribution in [0, 0.1) is 17.8 Å². The number of fused-ring (bicyclic) bond motifs is 1. The van der Waals surface area contributed by atoms with Gasteiger partial charge in [-0.05, 0) is 49.9 Å². The van der Waals surface area contributed by atoms with Crippen LogP contribution in [-0.2, 0) is 5.41 Å². The van der Waals surface area contributed by atoms with Gasteiger partial charge in [-0.3, -0.25) is 0 Å². The maximum atomic E-state index is 5.78. The van der Waals surface area contributed by atoms with Crippen molar-refractivity contribution < 1.29 is 0 Å². The van der Waals surface area contributed by atoms with Crippen molar-refractivity contribution in [3.05, 3.63) is 5.01 Å². The highest BCUT2D eigenvalue weighted by Crippen LogP contribution is 2.58. The van der Waals surface area contributed by atoms with Crippen molar-refractivity contribution in [1.29, 1.82) is 0 Å². The van der Waals surface area contributed by atoms with Crippen LogP contribution in [0.5, 0.6) is 0 Å². The maximum Gasteiger partial charge on any atom is 0.203 e. The summed E-state index contributed by atoms with van der Waals surface area (Å²) < 4.78 is 0. The zero-order chi connectivity index (χ0) is 11.5. The van der Waals surface area contributed by atoms with Crippen LogP contribution in [0.2, 0.25) is 0 Å². The fraction of sp³-hybridized carbons (Fsp3) is 0.846. The normalized spacial score (nSPS) is 43.9. The van der Waals surface area contributed by atoms with Crippen molar-refractivity contribution in [2.75, 3.05) is 5.73 Å². The Morgan fingerprint density at radius 3 is 2.24 bits per heavy atom. The van der Waals surface area contributed by atoms with Gasteiger partial charge in [-0.1, -0.05) is 24.2 Å². The number of nitrogen functional groups attached to an aromatic ring is 1. The Hall–Kier alpha value is -0.640. The van der Waals surface area contributed by atoms with E-state index in [4.69, 9.17) is 5.73 Å². The predicted molar refractivity (Wildman–Crippen MR) is 68.8 cm³/mol. The van der Waals surface area contributed by atoms with Crippen molar-refractivity contribution in [2.24, 2.45) is 17.8 Å². The number of hydrogen-bond donors (Lipinski definition) is 1. The molecule has 2 atom stereocenters. The van der Waals surface area contributed by atoms with E-state index in [1.54, 1.807) is 11.3 Å². The van der Waals surface area contributed by atoms with Crippen molar-refractivity contribution in [2.45, 2.75) is 50.4 Å². The largest absolute Gasteiger partial charge is 0.374 e. The summed E-state index contributed by atoms with van der Waals surface area (Å²) in [6.07, 6.45) is 9.94. The van der Waals surface area contributed by atoms with Gasteiger partial charge in [0, 0.05) is 5.41 Å². The molecule has 4 heteroatoms. The van der Waals surface area contributed by atoms with Crippen molar-refractivity contribution in [1.82, 2.24) is 10.2 Å². The second-order valence-electron chi connectivity index (χ2n) is 6.48. The summed E-state index contributed by atoms with van der Waals surface area (Å²) in [6, 6.07) is 0. The second-order valence-corrected chi connectivity index (χ2v) is 7.49. The van der Waals surface area contributed by atoms with E-state index in [9.17, 15) is 0 Å². The van der Waals surface area contributed by atoms with Gasteiger partial charge in [0.25, 0.3) is 0 Å². The molecule has 1 heterocycles. The minimum Gasteiger partial charge on any atom is -0.374 e.